The predicted molar refractivity (Wildman–Crippen MR) is 125 cm³/mol. The molecule has 1 atom stereocenters. The molecule has 0 saturated carbocycles. The second kappa shape index (κ2) is 9.13. The third-order valence-electron chi connectivity index (χ3n) is 5.71. The summed E-state index contributed by atoms with van der Waals surface area (Å²) >= 11 is 0. The molecule has 1 aromatic heterocycles. The molecule has 7 nitrogen and oxygen atoms in total. The number of ether oxygens (including phenoxy) is 3. The summed E-state index contributed by atoms with van der Waals surface area (Å²) in [5.41, 5.74) is 4.62. The molecular weight excluding hydrogens is 418 g/mol. The lowest BCUT2D eigenvalue weighted by molar-refractivity contribution is -0.117. The number of amides is 1. The van der Waals surface area contributed by atoms with Crippen molar-refractivity contribution in [3.8, 4) is 29.0 Å². The number of hydrogen-bond donors (Lipinski definition) is 1. The van der Waals surface area contributed by atoms with Crippen molar-refractivity contribution in [2.45, 2.75) is 26.8 Å². The molecule has 1 aliphatic heterocycles. The summed E-state index contributed by atoms with van der Waals surface area (Å²) in [6.45, 7) is 6.00. The van der Waals surface area contributed by atoms with Gasteiger partial charge < -0.3 is 24.1 Å². The standard InChI is InChI=1S/C26H25N3O4/c1-16-11-20(18(3)29(16)22-6-8-23(31-4)9-7-22)12-21(14-27)26(30)28-17(2)19-5-10-24-25(13-19)33-15-32-24/h5-13,17H,15H2,1-4H3,(H,28,30)/b21-12+. The fourth-order valence-corrected chi connectivity index (χ4v) is 3.91. The first-order valence-electron chi connectivity index (χ1n) is 10.6. The van der Waals surface area contributed by atoms with Crippen molar-refractivity contribution in [3.05, 3.63) is 76.6 Å². The third kappa shape index (κ3) is 4.41. The van der Waals surface area contributed by atoms with Crippen LogP contribution in [0.1, 0.15) is 35.5 Å². The van der Waals surface area contributed by atoms with E-state index >= 15 is 0 Å². The van der Waals surface area contributed by atoms with Crippen molar-refractivity contribution in [1.82, 2.24) is 9.88 Å². The van der Waals surface area contributed by atoms with Crippen molar-refractivity contribution >= 4 is 12.0 Å². The van der Waals surface area contributed by atoms with Crippen LogP contribution in [0.2, 0.25) is 0 Å². The van der Waals surface area contributed by atoms with Gasteiger partial charge in [-0.2, -0.15) is 5.26 Å². The summed E-state index contributed by atoms with van der Waals surface area (Å²) in [6.07, 6.45) is 1.63. The van der Waals surface area contributed by atoms with Crippen molar-refractivity contribution in [3.63, 3.8) is 0 Å². The summed E-state index contributed by atoms with van der Waals surface area (Å²) in [5.74, 6) is 1.68. The molecule has 2 aromatic carbocycles. The van der Waals surface area contributed by atoms with Gasteiger partial charge in [-0.25, -0.2) is 0 Å². The molecule has 3 aromatic rings. The van der Waals surface area contributed by atoms with Gasteiger partial charge in [0, 0.05) is 17.1 Å². The number of fused-ring (bicyclic) bond motifs is 1. The Bertz CT molecular complexity index is 1270. The molecule has 1 unspecified atom stereocenters. The predicted octanol–water partition coefficient (Wildman–Crippen LogP) is 4.62. The molecule has 2 heterocycles. The van der Waals surface area contributed by atoms with Gasteiger partial charge in [-0.3, -0.25) is 4.79 Å². The number of rotatable bonds is 6. The number of nitrogens with one attached hydrogen (secondary N) is 1. The molecular formula is C26H25N3O4. The van der Waals surface area contributed by atoms with Crippen LogP contribution in [-0.2, 0) is 4.79 Å². The molecule has 7 heteroatoms. The maximum Gasteiger partial charge on any atom is 0.262 e. The summed E-state index contributed by atoms with van der Waals surface area (Å²) in [7, 11) is 1.63. The molecule has 168 valence electrons. The zero-order valence-electron chi connectivity index (χ0n) is 19.0. The highest BCUT2D eigenvalue weighted by molar-refractivity contribution is 6.02. The molecule has 33 heavy (non-hydrogen) atoms. The number of nitrogens with zero attached hydrogens (tertiary/aromatic N) is 2. The van der Waals surface area contributed by atoms with E-state index < -0.39 is 5.91 Å². The quantitative estimate of drug-likeness (QED) is 0.444. The van der Waals surface area contributed by atoms with Gasteiger partial charge in [0.05, 0.1) is 13.2 Å². The lowest BCUT2D eigenvalue weighted by Crippen LogP contribution is -2.27. The van der Waals surface area contributed by atoms with Gasteiger partial charge in [0.1, 0.15) is 17.4 Å². The van der Waals surface area contributed by atoms with Crippen LogP contribution in [0.5, 0.6) is 17.2 Å². The van der Waals surface area contributed by atoms with Crippen LogP contribution in [0, 0.1) is 25.2 Å². The van der Waals surface area contributed by atoms with Crippen LogP contribution in [0.25, 0.3) is 11.8 Å². The van der Waals surface area contributed by atoms with Crippen molar-refractivity contribution < 1.29 is 19.0 Å². The third-order valence-corrected chi connectivity index (χ3v) is 5.71. The Morgan fingerprint density at radius 1 is 1.15 bits per heavy atom. The normalized spacial score (nSPS) is 13.4. The molecule has 0 spiro atoms. The fourth-order valence-electron chi connectivity index (χ4n) is 3.91. The van der Waals surface area contributed by atoms with Gasteiger partial charge in [0.2, 0.25) is 6.79 Å². The maximum absolute atomic E-state index is 12.9. The van der Waals surface area contributed by atoms with Crippen molar-refractivity contribution in [2.24, 2.45) is 0 Å². The Morgan fingerprint density at radius 3 is 2.58 bits per heavy atom. The second-order valence-corrected chi connectivity index (χ2v) is 7.84. The largest absolute Gasteiger partial charge is 0.497 e. The number of aromatic nitrogens is 1. The van der Waals surface area contributed by atoms with Gasteiger partial charge in [0.25, 0.3) is 5.91 Å². The first-order valence-corrected chi connectivity index (χ1v) is 10.6. The molecule has 0 fully saturated rings. The summed E-state index contributed by atoms with van der Waals surface area (Å²) in [6, 6.07) is 17.0. The molecule has 0 saturated heterocycles. The molecule has 1 N–H and O–H groups in total. The zero-order chi connectivity index (χ0) is 23.5. The number of carbonyl (C=O) groups excluding carboxylic acids is 1. The number of benzene rings is 2. The minimum atomic E-state index is -0.433. The molecule has 4 rings (SSSR count). The van der Waals surface area contributed by atoms with E-state index in [9.17, 15) is 10.1 Å². The van der Waals surface area contributed by atoms with Crippen molar-refractivity contribution in [1.29, 1.82) is 5.26 Å². The van der Waals surface area contributed by atoms with E-state index in [0.717, 1.165) is 34.0 Å². The highest BCUT2D eigenvalue weighted by atomic mass is 16.7. The zero-order valence-corrected chi connectivity index (χ0v) is 19.0. The molecule has 0 radical (unpaired) electrons. The summed E-state index contributed by atoms with van der Waals surface area (Å²) < 4.78 is 18.1. The first-order chi connectivity index (χ1) is 15.9. The summed E-state index contributed by atoms with van der Waals surface area (Å²) in [4.78, 5) is 12.9. The maximum atomic E-state index is 12.9. The van der Waals surface area contributed by atoms with Gasteiger partial charge >= 0.3 is 0 Å². The number of carbonyl (C=O) groups is 1. The first kappa shape index (κ1) is 22.0. The second-order valence-electron chi connectivity index (χ2n) is 7.84. The Hall–Kier alpha value is -4.18. The van der Waals surface area contributed by atoms with E-state index in [1.54, 1.807) is 13.2 Å². The van der Waals surface area contributed by atoms with E-state index in [1.807, 2.05) is 75.4 Å². The van der Waals surface area contributed by atoms with E-state index in [2.05, 4.69) is 9.88 Å². The number of nitriles is 1. The van der Waals surface area contributed by atoms with E-state index in [4.69, 9.17) is 14.2 Å². The molecule has 1 amide bonds. The minimum Gasteiger partial charge on any atom is -0.497 e. The molecule has 0 bridgehead atoms. The fraction of sp³-hybridized carbons (Fsp3) is 0.231. The van der Waals surface area contributed by atoms with Crippen LogP contribution < -0.4 is 19.5 Å². The van der Waals surface area contributed by atoms with E-state index in [1.165, 1.54) is 0 Å². The lowest BCUT2D eigenvalue weighted by atomic mass is 10.1. The lowest BCUT2D eigenvalue weighted by Gasteiger charge is -2.14. The van der Waals surface area contributed by atoms with Gasteiger partial charge in [-0.1, -0.05) is 6.07 Å². The van der Waals surface area contributed by atoms with Gasteiger partial charge in [0.15, 0.2) is 11.5 Å². The van der Waals surface area contributed by atoms with Crippen LogP contribution in [0.3, 0.4) is 0 Å². The van der Waals surface area contributed by atoms with E-state index in [0.29, 0.717) is 11.5 Å². The van der Waals surface area contributed by atoms with Gasteiger partial charge in [-0.15, -0.1) is 0 Å². The highest BCUT2D eigenvalue weighted by Gasteiger charge is 2.19. The topological polar surface area (TPSA) is 85.5 Å². The molecule has 1 aliphatic rings. The van der Waals surface area contributed by atoms with Crippen LogP contribution >= 0.6 is 0 Å². The van der Waals surface area contributed by atoms with E-state index in [-0.39, 0.29) is 18.4 Å². The van der Waals surface area contributed by atoms with Gasteiger partial charge in [-0.05, 0) is 80.4 Å². The van der Waals surface area contributed by atoms with Crippen LogP contribution in [0.15, 0.2) is 54.1 Å². The Labute approximate surface area is 192 Å². The van der Waals surface area contributed by atoms with Crippen LogP contribution in [0.4, 0.5) is 0 Å². The van der Waals surface area contributed by atoms with Crippen molar-refractivity contribution in [2.75, 3.05) is 13.9 Å². The number of hydrogen-bond acceptors (Lipinski definition) is 5. The average Bonchev–Trinajstić information content (AvgIpc) is 3.40. The van der Waals surface area contributed by atoms with Crippen LogP contribution in [-0.4, -0.2) is 24.4 Å². The highest BCUT2D eigenvalue weighted by Crippen LogP contribution is 2.34. The average molecular weight is 444 g/mol. The summed E-state index contributed by atoms with van der Waals surface area (Å²) in [5, 5.41) is 12.6. The Kier molecular flexibility index (Phi) is 6.09. The Morgan fingerprint density at radius 2 is 1.88 bits per heavy atom. The monoisotopic (exact) mass is 443 g/mol. The molecule has 0 aliphatic carbocycles. The SMILES string of the molecule is COc1ccc(-n2c(C)cc(/C=C(\C#N)C(=O)NC(C)c3ccc4c(c3)OCO4)c2C)cc1. The minimum absolute atomic E-state index is 0.0394. The smallest absolute Gasteiger partial charge is 0.262 e. The number of aryl methyl sites for hydroxylation is 1. The number of methoxy groups -OCH3 is 1. The Balaban J connectivity index is 1.56.